The first-order valence-electron chi connectivity index (χ1n) is 7.57. The monoisotopic (exact) mass is 286 g/mol. The lowest BCUT2D eigenvalue weighted by Crippen LogP contribution is -2.49. The van der Waals surface area contributed by atoms with E-state index in [1.54, 1.807) is 14.2 Å². The molecule has 1 fully saturated rings. The Kier molecular flexibility index (Phi) is 6.76. The van der Waals surface area contributed by atoms with Crippen LogP contribution in [0.1, 0.15) is 46.5 Å². The van der Waals surface area contributed by atoms with E-state index in [0.29, 0.717) is 6.61 Å². The summed E-state index contributed by atoms with van der Waals surface area (Å²) < 4.78 is 10.7. The fourth-order valence-corrected chi connectivity index (χ4v) is 2.83. The van der Waals surface area contributed by atoms with E-state index in [1.807, 2.05) is 11.8 Å². The van der Waals surface area contributed by atoms with Crippen LogP contribution in [0.15, 0.2) is 0 Å². The number of nitrogens with zero attached hydrogens (tertiary/aromatic N) is 1. The molecule has 0 saturated carbocycles. The molecule has 5 nitrogen and oxygen atoms in total. The molecule has 0 spiro atoms. The second kappa shape index (κ2) is 7.84. The Hall–Kier alpha value is -0.810. The number of carbonyl (C=O) groups excluding carboxylic acids is 1. The van der Waals surface area contributed by atoms with Crippen LogP contribution in [0, 0.1) is 0 Å². The molecule has 0 aromatic rings. The Morgan fingerprint density at radius 3 is 2.75 bits per heavy atom. The Bertz CT molecular complexity index is 305. The maximum Gasteiger partial charge on any atom is 0.317 e. The summed E-state index contributed by atoms with van der Waals surface area (Å²) in [5, 5.41) is 3.09. The Balaban J connectivity index is 2.48. The first kappa shape index (κ1) is 17.2. The molecule has 0 aliphatic carbocycles. The van der Waals surface area contributed by atoms with Crippen molar-refractivity contribution in [1.29, 1.82) is 0 Å². The molecule has 5 heteroatoms. The lowest BCUT2D eigenvalue weighted by Gasteiger charge is -2.32. The van der Waals surface area contributed by atoms with E-state index in [9.17, 15) is 4.79 Å². The topological polar surface area (TPSA) is 50.8 Å². The van der Waals surface area contributed by atoms with Crippen LogP contribution in [-0.2, 0) is 9.47 Å². The molecule has 20 heavy (non-hydrogen) atoms. The van der Waals surface area contributed by atoms with Crippen LogP contribution in [-0.4, -0.2) is 56.0 Å². The zero-order chi connectivity index (χ0) is 15.2. The van der Waals surface area contributed by atoms with Gasteiger partial charge in [0.2, 0.25) is 0 Å². The van der Waals surface area contributed by atoms with E-state index >= 15 is 0 Å². The average Bonchev–Trinajstić information content (AvgIpc) is 2.87. The summed E-state index contributed by atoms with van der Waals surface area (Å²) >= 11 is 0. The quantitative estimate of drug-likeness (QED) is 0.782. The third kappa shape index (κ3) is 4.63. The van der Waals surface area contributed by atoms with E-state index in [4.69, 9.17) is 9.47 Å². The molecular weight excluding hydrogens is 256 g/mol. The molecule has 1 aliphatic heterocycles. The standard InChI is InChI=1S/C15H30N2O3/c1-6-15(3,20-5)10-12(2)16-14(18)17-9-7-8-13(17)11-19-4/h12-13H,6-11H2,1-5H3,(H,16,18). The van der Waals surface area contributed by atoms with Gasteiger partial charge in [0.15, 0.2) is 0 Å². The number of rotatable bonds is 7. The van der Waals surface area contributed by atoms with Crippen molar-refractivity contribution in [3.8, 4) is 0 Å². The lowest BCUT2D eigenvalue weighted by molar-refractivity contribution is -0.0102. The molecule has 3 atom stereocenters. The number of amides is 2. The molecule has 0 bridgehead atoms. The molecule has 1 N–H and O–H groups in total. The van der Waals surface area contributed by atoms with Gasteiger partial charge in [-0.1, -0.05) is 6.92 Å². The number of urea groups is 1. The van der Waals surface area contributed by atoms with Crippen molar-refractivity contribution in [3.05, 3.63) is 0 Å². The average molecular weight is 286 g/mol. The van der Waals surface area contributed by atoms with Gasteiger partial charge in [-0.3, -0.25) is 0 Å². The summed E-state index contributed by atoms with van der Waals surface area (Å²) in [6.07, 6.45) is 3.83. The Morgan fingerprint density at radius 1 is 1.50 bits per heavy atom. The molecule has 0 aromatic heterocycles. The molecule has 2 amide bonds. The maximum atomic E-state index is 12.3. The maximum absolute atomic E-state index is 12.3. The van der Waals surface area contributed by atoms with E-state index < -0.39 is 0 Å². The van der Waals surface area contributed by atoms with Gasteiger partial charge in [-0.2, -0.15) is 0 Å². The number of carbonyl (C=O) groups is 1. The van der Waals surface area contributed by atoms with Gasteiger partial charge in [0.05, 0.1) is 18.2 Å². The largest absolute Gasteiger partial charge is 0.383 e. The first-order chi connectivity index (χ1) is 9.45. The number of hydrogen-bond acceptors (Lipinski definition) is 3. The fourth-order valence-electron chi connectivity index (χ4n) is 2.83. The van der Waals surface area contributed by atoms with Crippen LogP contribution in [0.4, 0.5) is 4.79 Å². The lowest BCUT2D eigenvalue weighted by atomic mass is 9.94. The van der Waals surface area contributed by atoms with Gasteiger partial charge in [0.1, 0.15) is 0 Å². The number of likely N-dealkylation sites (tertiary alicyclic amines) is 1. The summed E-state index contributed by atoms with van der Waals surface area (Å²) in [6.45, 7) is 7.66. The smallest absolute Gasteiger partial charge is 0.317 e. The zero-order valence-corrected chi connectivity index (χ0v) is 13.6. The predicted octanol–water partition coefficient (Wildman–Crippen LogP) is 2.40. The van der Waals surface area contributed by atoms with Gasteiger partial charge >= 0.3 is 6.03 Å². The summed E-state index contributed by atoms with van der Waals surface area (Å²) in [6, 6.07) is 0.329. The van der Waals surface area contributed by atoms with Crippen LogP contribution < -0.4 is 5.32 Å². The highest BCUT2D eigenvalue weighted by Crippen LogP contribution is 2.22. The summed E-state index contributed by atoms with van der Waals surface area (Å²) in [5.74, 6) is 0. The molecule has 1 heterocycles. The van der Waals surface area contributed by atoms with E-state index in [0.717, 1.165) is 32.2 Å². The van der Waals surface area contributed by atoms with Crippen LogP contribution in [0.5, 0.6) is 0 Å². The molecule has 3 unspecified atom stereocenters. The van der Waals surface area contributed by atoms with Crippen molar-refractivity contribution < 1.29 is 14.3 Å². The van der Waals surface area contributed by atoms with E-state index in [1.165, 1.54) is 0 Å². The van der Waals surface area contributed by atoms with Gasteiger partial charge < -0.3 is 19.7 Å². The van der Waals surface area contributed by atoms with Crippen LogP contribution in [0.2, 0.25) is 0 Å². The van der Waals surface area contributed by atoms with Crippen LogP contribution in [0.3, 0.4) is 0 Å². The zero-order valence-electron chi connectivity index (χ0n) is 13.6. The van der Waals surface area contributed by atoms with Crippen molar-refractivity contribution in [3.63, 3.8) is 0 Å². The molecule has 0 radical (unpaired) electrons. The Morgan fingerprint density at radius 2 is 2.20 bits per heavy atom. The summed E-state index contributed by atoms with van der Waals surface area (Å²) in [7, 11) is 3.41. The second-order valence-corrected chi connectivity index (χ2v) is 6.01. The third-order valence-electron chi connectivity index (χ3n) is 4.35. The van der Waals surface area contributed by atoms with Gasteiger partial charge in [-0.25, -0.2) is 4.79 Å². The van der Waals surface area contributed by atoms with Crippen molar-refractivity contribution in [2.45, 2.75) is 64.1 Å². The van der Waals surface area contributed by atoms with Crippen molar-refractivity contribution in [2.24, 2.45) is 0 Å². The highest BCUT2D eigenvalue weighted by Gasteiger charge is 2.30. The second-order valence-electron chi connectivity index (χ2n) is 6.01. The minimum absolute atomic E-state index is 0.0200. The first-order valence-corrected chi connectivity index (χ1v) is 7.57. The molecule has 1 rings (SSSR count). The van der Waals surface area contributed by atoms with E-state index in [-0.39, 0.29) is 23.7 Å². The van der Waals surface area contributed by atoms with Gasteiger partial charge in [0, 0.05) is 26.8 Å². The highest BCUT2D eigenvalue weighted by atomic mass is 16.5. The summed E-state index contributed by atoms with van der Waals surface area (Å²) in [5.41, 5.74) is -0.177. The van der Waals surface area contributed by atoms with Crippen LogP contribution >= 0.6 is 0 Å². The molecule has 118 valence electrons. The van der Waals surface area contributed by atoms with Crippen molar-refractivity contribution in [1.82, 2.24) is 10.2 Å². The van der Waals surface area contributed by atoms with E-state index in [2.05, 4.69) is 19.2 Å². The minimum Gasteiger partial charge on any atom is -0.383 e. The molecule has 0 aromatic carbocycles. The van der Waals surface area contributed by atoms with Crippen LogP contribution in [0.25, 0.3) is 0 Å². The fraction of sp³-hybridized carbons (Fsp3) is 0.933. The highest BCUT2D eigenvalue weighted by molar-refractivity contribution is 5.75. The molecular formula is C15H30N2O3. The molecule has 1 saturated heterocycles. The van der Waals surface area contributed by atoms with Gasteiger partial charge in [-0.05, 0) is 39.5 Å². The van der Waals surface area contributed by atoms with Crippen molar-refractivity contribution >= 4 is 6.03 Å². The molecule has 1 aliphatic rings. The SMILES string of the molecule is CCC(C)(CC(C)NC(=O)N1CCCC1COC)OC. The van der Waals surface area contributed by atoms with Gasteiger partial charge in [-0.15, -0.1) is 0 Å². The Labute approximate surface area is 123 Å². The number of nitrogens with one attached hydrogen (secondary N) is 1. The third-order valence-corrected chi connectivity index (χ3v) is 4.35. The summed E-state index contributed by atoms with van der Waals surface area (Å²) in [4.78, 5) is 14.2. The number of hydrogen-bond donors (Lipinski definition) is 1. The van der Waals surface area contributed by atoms with Crippen molar-refractivity contribution in [2.75, 3.05) is 27.4 Å². The van der Waals surface area contributed by atoms with Gasteiger partial charge in [0.25, 0.3) is 0 Å². The minimum atomic E-state index is -0.177. The normalized spacial score (nSPS) is 23.4. The number of methoxy groups -OCH3 is 2. The number of ether oxygens (including phenoxy) is 2. The predicted molar refractivity (Wildman–Crippen MR) is 79.9 cm³/mol.